The van der Waals surface area contributed by atoms with Crippen LogP contribution < -0.4 is 5.32 Å². The number of halogens is 1. The van der Waals surface area contributed by atoms with E-state index in [0.29, 0.717) is 0 Å². The van der Waals surface area contributed by atoms with Crippen LogP contribution >= 0.6 is 27.3 Å². The van der Waals surface area contributed by atoms with Crippen molar-refractivity contribution in [2.24, 2.45) is 7.05 Å². The molecule has 0 aliphatic heterocycles. The molecule has 0 saturated heterocycles. The quantitative estimate of drug-likeness (QED) is 0.859. The maximum Gasteiger partial charge on any atom is 0.138 e. The molecule has 0 bridgehead atoms. The molecule has 0 saturated carbocycles. The lowest BCUT2D eigenvalue weighted by atomic mass is 10.4. The van der Waals surface area contributed by atoms with Gasteiger partial charge < -0.3 is 5.32 Å². The Morgan fingerprint density at radius 1 is 1.56 bits per heavy atom. The summed E-state index contributed by atoms with van der Waals surface area (Å²) in [5.74, 6) is 1.01. The van der Waals surface area contributed by atoms with E-state index >= 15 is 0 Å². The number of hydrogen-bond donors (Lipinski definition) is 1. The number of aromatic nitrogens is 3. The molecule has 4 nitrogen and oxygen atoms in total. The van der Waals surface area contributed by atoms with Crippen molar-refractivity contribution in [3.63, 3.8) is 0 Å². The Morgan fingerprint density at radius 3 is 3.06 bits per heavy atom. The first-order chi connectivity index (χ1) is 7.75. The van der Waals surface area contributed by atoms with Crippen molar-refractivity contribution in [1.82, 2.24) is 20.1 Å². The van der Waals surface area contributed by atoms with Gasteiger partial charge in [0.1, 0.15) is 12.2 Å². The van der Waals surface area contributed by atoms with Gasteiger partial charge in [0.05, 0.1) is 0 Å². The first-order valence-electron chi connectivity index (χ1n) is 5.02. The van der Waals surface area contributed by atoms with E-state index in [1.807, 2.05) is 11.7 Å². The van der Waals surface area contributed by atoms with Crippen molar-refractivity contribution < 1.29 is 0 Å². The fraction of sp³-hybridized carbons (Fsp3) is 0.400. The van der Waals surface area contributed by atoms with E-state index < -0.39 is 0 Å². The summed E-state index contributed by atoms with van der Waals surface area (Å²) in [6.07, 6.45) is 2.49. The van der Waals surface area contributed by atoms with Gasteiger partial charge in [0, 0.05) is 41.3 Å². The molecule has 0 aliphatic rings. The molecule has 1 N–H and O–H groups in total. The first kappa shape index (κ1) is 11.8. The molecule has 2 heterocycles. The highest BCUT2D eigenvalue weighted by Gasteiger charge is 2.00. The molecular formula is C10H13BrN4S. The third kappa shape index (κ3) is 3.13. The van der Waals surface area contributed by atoms with Crippen molar-refractivity contribution in [3.05, 3.63) is 32.9 Å². The van der Waals surface area contributed by atoms with Crippen LogP contribution in [-0.2, 0) is 20.0 Å². The molecule has 0 unspecified atom stereocenters. The summed E-state index contributed by atoms with van der Waals surface area (Å²) < 4.78 is 2.96. The average molecular weight is 301 g/mol. The molecule has 0 aromatic carbocycles. The molecule has 0 fully saturated rings. The summed E-state index contributed by atoms with van der Waals surface area (Å²) >= 11 is 5.20. The molecule has 2 aromatic heterocycles. The molecule has 0 radical (unpaired) electrons. The number of nitrogens with zero attached hydrogens (tertiary/aromatic N) is 3. The van der Waals surface area contributed by atoms with Gasteiger partial charge in [0.2, 0.25) is 0 Å². The second-order valence-electron chi connectivity index (χ2n) is 3.46. The van der Waals surface area contributed by atoms with Crippen LogP contribution in [0.2, 0.25) is 0 Å². The van der Waals surface area contributed by atoms with Gasteiger partial charge in [-0.15, -0.1) is 11.3 Å². The van der Waals surface area contributed by atoms with E-state index in [2.05, 4.69) is 42.8 Å². The van der Waals surface area contributed by atoms with Gasteiger partial charge in [-0.1, -0.05) is 0 Å². The van der Waals surface area contributed by atoms with Crippen molar-refractivity contribution >= 4 is 27.3 Å². The number of aryl methyl sites for hydroxylation is 1. The smallest absolute Gasteiger partial charge is 0.138 e. The van der Waals surface area contributed by atoms with Gasteiger partial charge in [-0.05, 0) is 22.0 Å². The SMILES string of the molecule is Cn1ncnc1CCNCc1cc(Br)cs1. The molecule has 2 aromatic rings. The Morgan fingerprint density at radius 2 is 2.44 bits per heavy atom. The number of thiophene rings is 1. The highest BCUT2D eigenvalue weighted by Crippen LogP contribution is 2.19. The second kappa shape index (κ2) is 5.56. The topological polar surface area (TPSA) is 42.7 Å². The summed E-state index contributed by atoms with van der Waals surface area (Å²) in [5, 5.41) is 9.52. The molecule has 86 valence electrons. The molecule has 2 rings (SSSR count). The molecular weight excluding hydrogens is 288 g/mol. The minimum atomic E-state index is 0.906. The fourth-order valence-corrected chi connectivity index (χ4v) is 2.83. The predicted octanol–water partition coefficient (Wildman–Crippen LogP) is 1.97. The zero-order chi connectivity index (χ0) is 11.4. The highest BCUT2D eigenvalue weighted by molar-refractivity contribution is 9.10. The van der Waals surface area contributed by atoms with Gasteiger partial charge >= 0.3 is 0 Å². The number of nitrogens with one attached hydrogen (secondary N) is 1. The predicted molar refractivity (Wildman–Crippen MR) is 68.4 cm³/mol. The van der Waals surface area contributed by atoms with E-state index in [0.717, 1.165) is 29.8 Å². The molecule has 16 heavy (non-hydrogen) atoms. The molecule has 0 atom stereocenters. The highest BCUT2D eigenvalue weighted by atomic mass is 79.9. The summed E-state index contributed by atoms with van der Waals surface area (Å²) in [4.78, 5) is 5.51. The summed E-state index contributed by atoms with van der Waals surface area (Å²) in [6.45, 7) is 1.83. The van der Waals surface area contributed by atoms with Gasteiger partial charge in [-0.2, -0.15) is 5.10 Å². The van der Waals surface area contributed by atoms with Crippen molar-refractivity contribution in [2.75, 3.05) is 6.54 Å². The number of rotatable bonds is 5. The van der Waals surface area contributed by atoms with Crippen LogP contribution in [-0.4, -0.2) is 21.3 Å². The van der Waals surface area contributed by atoms with E-state index in [1.54, 1.807) is 17.7 Å². The van der Waals surface area contributed by atoms with Crippen molar-refractivity contribution in [3.8, 4) is 0 Å². The normalized spacial score (nSPS) is 10.9. The second-order valence-corrected chi connectivity index (χ2v) is 5.37. The van der Waals surface area contributed by atoms with Crippen molar-refractivity contribution in [2.45, 2.75) is 13.0 Å². The third-order valence-electron chi connectivity index (χ3n) is 2.25. The summed E-state index contributed by atoms with van der Waals surface area (Å²) in [7, 11) is 1.92. The van der Waals surface area contributed by atoms with E-state index in [1.165, 1.54) is 4.88 Å². The van der Waals surface area contributed by atoms with Gasteiger partial charge in [0.25, 0.3) is 0 Å². The number of hydrogen-bond acceptors (Lipinski definition) is 4. The Balaban J connectivity index is 1.71. The summed E-state index contributed by atoms with van der Waals surface area (Å²) in [6, 6.07) is 2.14. The largest absolute Gasteiger partial charge is 0.311 e. The monoisotopic (exact) mass is 300 g/mol. The molecule has 6 heteroatoms. The maximum atomic E-state index is 4.17. The zero-order valence-electron chi connectivity index (χ0n) is 8.98. The lowest BCUT2D eigenvalue weighted by molar-refractivity contribution is 0.637. The standard InChI is InChI=1S/C10H13BrN4S/c1-15-10(13-7-14-15)2-3-12-5-9-4-8(11)6-16-9/h4,6-7,12H,2-3,5H2,1H3. The van der Waals surface area contributed by atoms with E-state index in [-0.39, 0.29) is 0 Å². The molecule has 0 spiro atoms. The van der Waals surface area contributed by atoms with Gasteiger partial charge in [0.15, 0.2) is 0 Å². The lowest BCUT2D eigenvalue weighted by Gasteiger charge is -2.02. The van der Waals surface area contributed by atoms with E-state index in [9.17, 15) is 0 Å². The Labute approximate surface area is 107 Å². The summed E-state index contributed by atoms with van der Waals surface area (Å²) in [5.41, 5.74) is 0. The van der Waals surface area contributed by atoms with Crippen LogP contribution in [0.1, 0.15) is 10.7 Å². The lowest BCUT2D eigenvalue weighted by Crippen LogP contribution is -2.17. The van der Waals surface area contributed by atoms with Crippen LogP contribution in [0.25, 0.3) is 0 Å². The Bertz CT molecular complexity index is 451. The van der Waals surface area contributed by atoms with Crippen molar-refractivity contribution in [1.29, 1.82) is 0 Å². The van der Waals surface area contributed by atoms with Crippen LogP contribution in [0.15, 0.2) is 22.2 Å². The minimum absolute atomic E-state index is 0.906. The minimum Gasteiger partial charge on any atom is -0.311 e. The van der Waals surface area contributed by atoms with Crippen LogP contribution in [0.3, 0.4) is 0 Å². The molecule has 0 amide bonds. The third-order valence-corrected chi connectivity index (χ3v) is 3.95. The Hall–Kier alpha value is -0.720. The molecule has 0 aliphatic carbocycles. The fourth-order valence-electron chi connectivity index (χ4n) is 1.40. The van der Waals surface area contributed by atoms with Gasteiger partial charge in [-0.3, -0.25) is 4.68 Å². The average Bonchev–Trinajstić information content (AvgIpc) is 2.83. The van der Waals surface area contributed by atoms with Crippen LogP contribution in [0.4, 0.5) is 0 Å². The van der Waals surface area contributed by atoms with Gasteiger partial charge in [-0.25, -0.2) is 4.98 Å². The maximum absolute atomic E-state index is 4.17. The zero-order valence-corrected chi connectivity index (χ0v) is 11.4. The van der Waals surface area contributed by atoms with E-state index in [4.69, 9.17) is 0 Å². The first-order valence-corrected chi connectivity index (χ1v) is 6.69. The Kier molecular flexibility index (Phi) is 4.09. The van der Waals surface area contributed by atoms with Crippen LogP contribution in [0, 0.1) is 0 Å². The van der Waals surface area contributed by atoms with Crippen LogP contribution in [0.5, 0.6) is 0 Å².